The third-order valence-corrected chi connectivity index (χ3v) is 2.57. The van der Waals surface area contributed by atoms with Gasteiger partial charge in [0.2, 0.25) is 0 Å². The van der Waals surface area contributed by atoms with Crippen LogP contribution in [0.25, 0.3) is 0 Å². The number of halogens is 1. The van der Waals surface area contributed by atoms with E-state index < -0.39 is 0 Å². The maximum atomic E-state index is 11.6. The maximum absolute atomic E-state index is 11.6. The lowest BCUT2D eigenvalue weighted by molar-refractivity contribution is 0.101. The van der Waals surface area contributed by atoms with E-state index in [0.29, 0.717) is 12.0 Å². The zero-order valence-corrected chi connectivity index (χ0v) is 10.1. The van der Waals surface area contributed by atoms with Crippen molar-refractivity contribution in [2.45, 2.75) is 0 Å². The van der Waals surface area contributed by atoms with Gasteiger partial charge in [-0.15, -0.1) is 0 Å². The van der Waals surface area contributed by atoms with E-state index in [4.69, 9.17) is 10.00 Å². The lowest BCUT2D eigenvalue weighted by Gasteiger charge is -2.09. The number of ether oxygens (including phenoxy) is 1. The van der Waals surface area contributed by atoms with Crippen LogP contribution in [0.2, 0.25) is 0 Å². The molecule has 0 fully saturated rings. The van der Waals surface area contributed by atoms with Crippen molar-refractivity contribution in [2.75, 3.05) is 12.4 Å². The standard InChI is InChI=1S/C11H8BrNO3/c1-16-10-3-2-7(5-13)11(8(10)6-14)9(15)4-12/h2-3,6H,4H2,1H3. The van der Waals surface area contributed by atoms with Gasteiger partial charge in [-0.2, -0.15) is 5.26 Å². The third-order valence-electron chi connectivity index (χ3n) is 2.06. The van der Waals surface area contributed by atoms with E-state index in [9.17, 15) is 9.59 Å². The highest BCUT2D eigenvalue weighted by Gasteiger charge is 2.18. The summed E-state index contributed by atoms with van der Waals surface area (Å²) in [5.41, 5.74) is 0.395. The molecule has 0 heterocycles. The van der Waals surface area contributed by atoms with Gasteiger partial charge >= 0.3 is 0 Å². The first-order valence-corrected chi connectivity index (χ1v) is 5.47. The number of hydrogen-bond donors (Lipinski definition) is 0. The number of methoxy groups -OCH3 is 1. The minimum Gasteiger partial charge on any atom is -0.496 e. The highest BCUT2D eigenvalue weighted by atomic mass is 79.9. The second-order valence-corrected chi connectivity index (χ2v) is 3.45. The number of carbonyl (C=O) groups excluding carboxylic acids is 2. The average molecular weight is 282 g/mol. The van der Waals surface area contributed by atoms with Gasteiger partial charge in [-0.3, -0.25) is 9.59 Å². The van der Waals surface area contributed by atoms with Gasteiger partial charge in [-0.25, -0.2) is 0 Å². The zero-order chi connectivity index (χ0) is 12.1. The molecule has 1 aromatic rings. The van der Waals surface area contributed by atoms with Gasteiger partial charge < -0.3 is 4.74 Å². The van der Waals surface area contributed by atoms with Crippen LogP contribution in [0, 0.1) is 11.3 Å². The molecule has 0 bridgehead atoms. The molecule has 0 atom stereocenters. The van der Waals surface area contributed by atoms with Crippen molar-refractivity contribution >= 4 is 28.0 Å². The molecule has 0 aromatic heterocycles. The van der Waals surface area contributed by atoms with Crippen LogP contribution >= 0.6 is 15.9 Å². The van der Waals surface area contributed by atoms with Crippen molar-refractivity contribution in [3.8, 4) is 11.8 Å². The first-order valence-electron chi connectivity index (χ1n) is 4.35. The predicted octanol–water partition coefficient (Wildman–Crippen LogP) is 1.96. The Hall–Kier alpha value is -1.67. The Labute approximate surface area is 101 Å². The monoisotopic (exact) mass is 281 g/mol. The maximum Gasteiger partial charge on any atom is 0.175 e. The summed E-state index contributed by atoms with van der Waals surface area (Å²) in [4.78, 5) is 22.6. The van der Waals surface area contributed by atoms with Crippen molar-refractivity contribution in [3.05, 3.63) is 28.8 Å². The summed E-state index contributed by atoms with van der Waals surface area (Å²) >= 11 is 3.01. The molecule has 0 N–H and O–H groups in total. The summed E-state index contributed by atoms with van der Waals surface area (Å²) in [5.74, 6) is -0.0316. The van der Waals surface area contributed by atoms with Gasteiger partial charge in [-0.05, 0) is 12.1 Å². The number of alkyl halides is 1. The molecular formula is C11H8BrNO3. The van der Waals surface area contributed by atoms with E-state index in [1.807, 2.05) is 6.07 Å². The summed E-state index contributed by atoms with van der Waals surface area (Å²) in [6.45, 7) is 0. The SMILES string of the molecule is COc1ccc(C#N)c(C(=O)CBr)c1C=O. The number of carbonyl (C=O) groups is 2. The van der Waals surface area contributed by atoms with Gasteiger partial charge in [0.15, 0.2) is 12.1 Å². The lowest BCUT2D eigenvalue weighted by atomic mass is 9.98. The molecular weight excluding hydrogens is 274 g/mol. The first kappa shape index (κ1) is 12.4. The molecule has 0 amide bonds. The Morgan fingerprint density at radius 3 is 2.75 bits per heavy atom. The van der Waals surface area contributed by atoms with Crippen molar-refractivity contribution in [2.24, 2.45) is 0 Å². The Morgan fingerprint density at radius 1 is 1.62 bits per heavy atom. The van der Waals surface area contributed by atoms with Crippen molar-refractivity contribution < 1.29 is 14.3 Å². The van der Waals surface area contributed by atoms with Crippen LogP contribution < -0.4 is 4.74 Å². The van der Waals surface area contributed by atoms with E-state index in [0.717, 1.165) is 0 Å². The first-order chi connectivity index (χ1) is 7.69. The van der Waals surface area contributed by atoms with Crippen molar-refractivity contribution in [1.29, 1.82) is 5.26 Å². The normalized spacial score (nSPS) is 9.31. The predicted molar refractivity (Wildman–Crippen MR) is 61.2 cm³/mol. The fourth-order valence-corrected chi connectivity index (χ4v) is 1.64. The van der Waals surface area contributed by atoms with Crippen LogP contribution in [0.15, 0.2) is 12.1 Å². The second-order valence-electron chi connectivity index (χ2n) is 2.89. The quantitative estimate of drug-likeness (QED) is 0.481. The number of rotatable bonds is 4. The number of nitrogens with zero attached hydrogens (tertiary/aromatic N) is 1. The van der Waals surface area contributed by atoms with E-state index in [1.54, 1.807) is 0 Å². The fraction of sp³-hybridized carbons (Fsp3) is 0.182. The number of hydrogen-bond acceptors (Lipinski definition) is 4. The number of aldehydes is 1. The highest BCUT2D eigenvalue weighted by molar-refractivity contribution is 9.09. The van der Waals surface area contributed by atoms with E-state index in [-0.39, 0.29) is 27.8 Å². The number of nitriles is 1. The van der Waals surface area contributed by atoms with Crippen LogP contribution in [0.3, 0.4) is 0 Å². The smallest absolute Gasteiger partial charge is 0.175 e. The minimum absolute atomic E-state index is 0.0513. The van der Waals surface area contributed by atoms with E-state index >= 15 is 0 Å². The Bertz CT molecular complexity index is 477. The number of Topliss-reactive ketones (excluding diaryl/α,β-unsaturated/α-hetero) is 1. The fourth-order valence-electron chi connectivity index (χ4n) is 1.36. The molecule has 4 nitrogen and oxygen atoms in total. The molecule has 1 rings (SSSR count). The van der Waals surface area contributed by atoms with Crippen LogP contribution in [0.1, 0.15) is 26.3 Å². The average Bonchev–Trinajstić information content (AvgIpc) is 2.35. The third kappa shape index (κ3) is 2.12. The van der Waals surface area contributed by atoms with Gasteiger partial charge in [0.25, 0.3) is 0 Å². The summed E-state index contributed by atoms with van der Waals surface area (Å²) in [6.07, 6.45) is 0.523. The highest BCUT2D eigenvalue weighted by Crippen LogP contribution is 2.24. The van der Waals surface area contributed by atoms with Crippen molar-refractivity contribution in [3.63, 3.8) is 0 Å². The summed E-state index contributed by atoms with van der Waals surface area (Å²) in [7, 11) is 1.40. The summed E-state index contributed by atoms with van der Waals surface area (Å²) in [5, 5.41) is 8.92. The Kier molecular flexibility index (Phi) is 4.20. The van der Waals surface area contributed by atoms with Crippen LogP contribution in [-0.2, 0) is 0 Å². The van der Waals surface area contributed by atoms with Gasteiger partial charge in [0, 0.05) is 0 Å². The van der Waals surface area contributed by atoms with Gasteiger partial charge in [-0.1, -0.05) is 15.9 Å². The molecule has 0 saturated carbocycles. The van der Waals surface area contributed by atoms with Crippen LogP contribution in [-0.4, -0.2) is 24.5 Å². The molecule has 0 aliphatic rings. The topological polar surface area (TPSA) is 67.2 Å². The molecule has 0 saturated heterocycles. The van der Waals surface area contributed by atoms with Crippen molar-refractivity contribution in [1.82, 2.24) is 0 Å². The molecule has 5 heteroatoms. The molecule has 0 aliphatic heterocycles. The number of ketones is 1. The lowest BCUT2D eigenvalue weighted by Crippen LogP contribution is -2.09. The van der Waals surface area contributed by atoms with Gasteiger partial charge in [0.05, 0.1) is 35.2 Å². The van der Waals surface area contributed by atoms with Crippen LogP contribution in [0.4, 0.5) is 0 Å². The summed E-state index contributed by atoms with van der Waals surface area (Å²) < 4.78 is 4.96. The Balaban J connectivity index is 3.56. The van der Waals surface area contributed by atoms with Gasteiger partial charge in [0.1, 0.15) is 5.75 Å². The number of benzene rings is 1. The zero-order valence-electron chi connectivity index (χ0n) is 8.49. The molecule has 0 aliphatic carbocycles. The Morgan fingerprint density at radius 2 is 2.31 bits per heavy atom. The second kappa shape index (κ2) is 5.42. The minimum atomic E-state index is -0.322. The summed E-state index contributed by atoms with van der Waals surface area (Å²) in [6, 6.07) is 4.83. The van der Waals surface area contributed by atoms with Crippen LogP contribution in [0.5, 0.6) is 5.75 Å². The molecule has 0 spiro atoms. The molecule has 0 radical (unpaired) electrons. The van der Waals surface area contributed by atoms with E-state index in [1.165, 1.54) is 19.2 Å². The van der Waals surface area contributed by atoms with E-state index in [2.05, 4.69) is 15.9 Å². The molecule has 1 aromatic carbocycles. The largest absolute Gasteiger partial charge is 0.496 e. The molecule has 82 valence electrons. The molecule has 16 heavy (non-hydrogen) atoms. The molecule has 0 unspecified atom stereocenters.